The highest BCUT2D eigenvalue weighted by Gasteiger charge is 2.10. The van der Waals surface area contributed by atoms with Crippen LogP contribution in [0.25, 0.3) is 6.08 Å². The number of unbranched alkanes of at least 4 members (excludes halogenated alkanes) is 2. The minimum Gasteiger partial charge on any atom is -0.304 e. The first-order chi connectivity index (χ1) is 7.92. The second-order valence-electron chi connectivity index (χ2n) is 4.19. The second-order valence-corrected chi connectivity index (χ2v) is 4.19. The van der Waals surface area contributed by atoms with Gasteiger partial charge in [-0.25, -0.2) is 5.43 Å². The summed E-state index contributed by atoms with van der Waals surface area (Å²) in [5, 5.41) is 2.24. The van der Waals surface area contributed by atoms with E-state index in [1.165, 1.54) is 30.5 Å². The van der Waals surface area contributed by atoms with Crippen molar-refractivity contribution in [1.82, 2.24) is 5.43 Å². The second kappa shape index (κ2) is 5.71. The van der Waals surface area contributed by atoms with Gasteiger partial charge in [0.05, 0.1) is 12.2 Å². The van der Waals surface area contributed by atoms with Gasteiger partial charge in [-0.05, 0) is 18.1 Å². The zero-order valence-electron chi connectivity index (χ0n) is 9.95. The number of hydrazine groups is 1. The molecule has 0 spiro atoms. The molecule has 1 heterocycles. The van der Waals surface area contributed by atoms with Crippen molar-refractivity contribution in [2.24, 2.45) is 0 Å². The van der Waals surface area contributed by atoms with Crippen LogP contribution >= 0.6 is 0 Å². The fraction of sp³-hybridized carbons (Fsp3) is 0.429. The molecule has 16 heavy (non-hydrogen) atoms. The van der Waals surface area contributed by atoms with Crippen LogP contribution in [0.4, 0.5) is 5.69 Å². The first kappa shape index (κ1) is 11.2. The maximum Gasteiger partial charge on any atom is 0.0595 e. The summed E-state index contributed by atoms with van der Waals surface area (Å²) in [5.74, 6) is 0. The highest BCUT2D eigenvalue weighted by molar-refractivity contribution is 5.70. The van der Waals surface area contributed by atoms with Gasteiger partial charge in [-0.3, -0.25) is 0 Å². The van der Waals surface area contributed by atoms with Crippen molar-refractivity contribution in [2.45, 2.75) is 26.2 Å². The fourth-order valence-electron chi connectivity index (χ4n) is 2.00. The molecule has 0 saturated heterocycles. The van der Waals surface area contributed by atoms with Crippen molar-refractivity contribution in [3.05, 3.63) is 35.9 Å². The number of hydrogen-bond donors (Lipinski definition) is 1. The lowest BCUT2D eigenvalue weighted by atomic mass is 10.1. The van der Waals surface area contributed by atoms with E-state index < -0.39 is 0 Å². The molecule has 86 valence electrons. The summed E-state index contributed by atoms with van der Waals surface area (Å²) in [6, 6.07) is 8.51. The third-order valence-electron chi connectivity index (χ3n) is 2.90. The Morgan fingerprint density at radius 3 is 3.00 bits per heavy atom. The summed E-state index contributed by atoms with van der Waals surface area (Å²) in [4.78, 5) is 0. The third-order valence-corrected chi connectivity index (χ3v) is 2.90. The summed E-state index contributed by atoms with van der Waals surface area (Å²) in [7, 11) is 0. The lowest BCUT2D eigenvalue weighted by Crippen LogP contribution is -2.40. The van der Waals surface area contributed by atoms with Crippen molar-refractivity contribution in [2.75, 3.05) is 18.1 Å². The molecule has 0 aromatic heterocycles. The standard InChI is InChI=1S/C14H20N2/c1-2-3-6-11-15-16-12-7-9-13-8-4-5-10-14(13)16/h4-5,7-10,15H,2-3,6,11-12H2,1H3. The molecule has 0 bridgehead atoms. The molecule has 0 fully saturated rings. The van der Waals surface area contributed by atoms with Gasteiger partial charge in [-0.2, -0.15) is 0 Å². The van der Waals surface area contributed by atoms with Crippen molar-refractivity contribution < 1.29 is 0 Å². The maximum absolute atomic E-state index is 3.49. The average Bonchev–Trinajstić information content (AvgIpc) is 2.35. The molecule has 1 aliphatic heterocycles. The quantitative estimate of drug-likeness (QED) is 0.760. The highest BCUT2D eigenvalue weighted by atomic mass is 15.5. The highest BCUT2D eigenvalue weighted by Crippen LogP contribution is 2.23. The lowest BCUT2D eigenvalue weighted by Gasteiger charge is -2.28. The molecule has 2 rings (SSSR count). The average molecular weight is 216 g/mol. The van der Waals surface area contributed by atoms with Gasteiger partial charge in [0.25, 0.3) is 0 Å². The Labute approximate surface area is 97.9 Å². The Morgan fingerprint density at radius 1 is 1.25 bits per heavy atom. The lowest BCUT2D eigenvalue weighted by molar-refractivity contribution is 0.595. The van der Waals surface area contributed by atoms with Gasteiger partial charge in [-0.15, -0.1) is 0 Å². The van der Waals surface area contributed by atoms with Crippen LogP contribution in [0, 0.1) is 0 Å². The van der Waals surface area contributed by atoms with Crippen LogP contribution in [0.1, 0.15) is 31.7 Å². The number of nitrogens with zero attached hydrogens (tertiary/aromatic N) is 1. The summed E-state index contributed by atoms with van der Waals surface area (Å²) >= 11 is 0. The molecule has 0 saturated carbocycles. The Hall–Kier alpha value is -1.28. The monoisotopic (exact) mass is 216 g/mol. The normalized spacial score (nSPS) is 13.9. The van der Waals surface area contributed by atoms with Gasteiger partial charge in [0.1, 0.15) is 0 Å². The van der Waals surface area contributed by atoms with E-state index in [0.29, 0.717) is 0 Å². The summed E-state index contributed by atoms with van der Waals surface area (Å²) < 4.78 is 0. The third kappa shape index (κ3) is 2.64. The molecule has 2 nitrogen and oxygen atoms in total. The Kier molecular flexibility index (Phi) is 4.00. The Morgan fingerprint density at radius 2 is 2.12 bits per heavy atom. The van der Waals surface area contributed by atoms with Crippen LogP contribution in [0.2, 0.25) is 0 Å². The Bertz CT molecular complexity index is 358. The molecular formula is C14H20N2. The van der Waals surface area contributed by atoms with Crippen LogP contribution < -0.4 is 10.4 Å². The molecule has 1 aliphatic rings. The Balaban J connectivity index is 1.94. The minimum absolute atomic E-state index is 0.961. The summed E-state index contributed by atoms with van der Waals surface area (Å²) in [5.41, 5.74) is 6.09. The number of nitrogens with one attached hydrogen (secondary N) is 1. The topological polar surface area (TPSA) is 15.3 Å². The predicted octanol–water partition coefficient (Wildman–Crippen LogP) is 3.21. The molecule has 0 radical (unpaired) electrons. The molecule has 0 aliphatic carbocycles. The number of hydrogen-bond acceptors (Lipinski definition) is 2. The van der Waals surface area contributed by atoms with E-state index in [-0.39, 0.29) is 0 Å². The van der Waals surface area contributed by atoms with E-state index in [0.717, 1.165) is 13.1 Å². The fourth-order valence-corrected chi connectivity index (χ4v) is 2.00. The molecule has 2 heteroatoms. The zero-order chi connectivity index (χ0) is 11.2. The predicted molar refractivity (Wildman–Crippen MR) is 70.3 cm³/mol. The van der Waals surface area contributed by atoms with E-state index in [1.54, 1.807) is 0 Å². The zero-order valence-corrected chi connectivity index (χ0v) is 9.95. The molecule has 0 amide bonds. The van der Waals surface area contributed by atoms with Gasteiger partial charge in [0.2, 0.25) is 0 Å². The van der Waals surface area contributed by atoms with Crippen LogP contribution in [0.3, 0.4) is 0 Å². The van der Waals surface area contributed by atoms with Crippen molar-refractivity contribution in [3.63, 3.8) is 0 Å². The van der Waals surface area contributed by atoms with E-state index in [9.17, 15) is 0 Å². The van der Waals surface area contributed by atoms with Crippen LogP contribution in [-0.2, 0) is 0 Å². The van der Waals surface area contributed by atoms with E-state index in [4.69, 9.17) is 0 Å². The molecule has 0 unspecified atom stereocenters. The molecule has 1 aromatic rings. The smallest absolute Gasteiger partial charge is 0.0595 e. The van der Waals surface area contributed by atoms with Gasteiger partial charge in [-0.1, -0.05) is 50.1 Å². The number of rotatable bonds is 5. The van der Waals surface area contributed by atoms with Gasteiger partial charge in [0.15, 0.2) is 0 Å². The molecular weight excluding hydrogens is 196 g/mol. The van der Waals surface area contributed by atoms with Gasteiger partial charge >= 0.3 is 0 Å². The van der Waals surface area contributed by atoms with Crippen LogP contribution in [0.15, 0.2) is 30.3 Å². The number of benzene rings is 1. The van der Waals surface area contributed by atoms with Crippen LogP contribution in [-0.4, -0.2) is 13.1 Å². The van der Waals surface area contributed by atoms with Gasteiger partial charge in [0, 0.05) is 6.54 Å². The first-order valence-electron chi connectivity index (χ1n) is 6.18. The molecule has 1 aromatic carbocycles. The van der Waals surface area contributed by atoms with E-state index in [2.05, 4.69) is 53.8 Å². The van der Waals surface area contributed by atoms with Crippen LogP contribution in [0.5, 0.6) is 0 Å². The maximum atomic E-state index is 3.49. The number of para-hydroxylation sites is 1. The minimum atomic E-state index is 0.961. The van der Waals surface area contributed by atoms with E-state index in [1.807, 2.05) is 0 Å². The molecule has 1 N–H and O–H groups in total. The largest absolute Gasteiger partial charge is 0.304 e. The van der Waals surface area contributed by atoms with Crippen molar-refractivity contribution in [3.8, 4) is 0 Å². The summed E-state index contributed by atoms with van der Waals surface area (Å²) in [6.07, 6.45) is 8.23. The molecule has 0 atom stereocenters. The summed E-state index contributed by atoms with van der Waals surface area (Å²) in [6.45, 7) is 4.26. The first-order valence-corrected chi connectivity index (χ1v) is 6.18. The van der Waals surface area contributed by atoms with Gasteiger partial charge < -0.3 is 5.01 Å². The van der Waals surface area contributed by atoms with E-state index >= 15 is 0 Å². The SMILES string of the molecule is CCCCCNN1CC=Cc2ccccc21. The van der Waals surface area contributed by atoms with Crippen molar-refractivity contribution in [1.29, 1.82) is 0 Å². The van der Waals surface area contributed by atoms with Crippen molar-refractivity contribution >= 4 is 11.8 Å². The number of fused-ring (bicyclic) bond motifs is 1. The number of anilines is 1.